The van der Waals surface area contributed by atoms with E-state index in [1.54, 1.807) is 0 Å². The predicted molar refractivity (Wildman–Crippen MR) is 55.2 cm³/mol. The monoisotopic (exact) mass is 237 g/mol. The Morgan fingerprint density at radius 2 is 2.06 bits per heavy atom. The minimum atomic E-state index is -1.42. The van der Waals surface area contributed by atoms with Gasteiger partial charge in [0.2, 0.25) is 0 Å². The SMILES string of the molecule is O=C(O)c1cc2cc([NH+]([O-])O)ccc2oc1=O. The number of quaternary nitrogens is 1. The van der Waals surface area contributed by atoms with Crippen LogP contribution in [0.4, 0.5) is 5.69 Å². The van der Waals surface area contributed by atoms with E-state index in [9.17, 15) is 14.8 Å². The van der Waals surface area contributed by atoms with Crippen LogP contribution in [0.5, 0.6) is 0 Å². The van der Waals surface area contributed by atoms with Gasteiger partial charge in [-0.15, -0.1) is 0 Å². The van der Waals surface area contributed by atoms with Gasteiger partial charge in [-0.2, -0.15) is 5.23 Å². The number of nitrogens with one attached hydrogen (secondary N) is 1. The molecule has 7 heteroatoms. The molecular formula is C10H7NO6. The van der Waals surface area contributed by atoms with Crippen molar-refractivity contribution >= 4 is 22.6 Å². The van der Waals surface area contributed by atoms with Gasteiger partial charge in [0.1, 0.15) is 11.1 Å². The molecule has 0 aliphatic carbocycles. The average Bonchev–Trinajstić information content (AvgIpc) is 2.27. The van der Waals surface area contributed by atoms with E-state index < -0.39 is 22.4 Å². The highest BCUT2D eigenvalue weighted by atomic mass is 16.8. The van der Waals surface area contributed by atoms with Crippen molar-refractivity contribution in [3.8, 4) is 0 Å². The largest absolute Gasteiger partial charge is 0.595 e. The molecule has 0 bridgehead atoms. The highest BCUT2D eigenvalue weighted by Gasteiger charge is 2.13. The summed E-state index contributed by atoms with van der Waals surface area (Å²) in [6, 6.07) is 4.92. The molecule has 0 aliphatic rings. The van der Waals surface area contributed by atoms with E-state index >= 15 is 0 Å². The van der Waals surface area contributed by atoms with Crippen molar-refractivity contribution in [2.24, 2.45) is 0 Å². The molecule has 88 valence electrons. The van der Waals surface area contributed by atoms with Crippen molar-refractivity contribution in [3.05, 3.63) is 45.5 Å². The topological polar surface area (TPSA) is 115 Å². The quantitative estimate of drug-likeness (QED) is 0.496. The third-order valence-corrected chi connectivity index (χ3v) is 2.21. The molecule has 3 N–H and O–H groups in total. The predicted octanol–water partition coefficient (Wildman–Crippen LogP) is -0.105. The number of benzene rings is 1. The van der Waals surface area contributed by atoms with Crippen molar-refractivity contribution in [1.82, 2.24) is 0 Å². The molecule has 17 heavy (non-hydrogen) atoms. The normalized spacial score (nSPS) is 12.6. The summed E-state index contributed by atoms with van der Waals surface area (Å²) >= 11 is 0. The molecule has 1 atom stereocenters. The Hall–Kier alpha value is -2.22. The smallest absolute Gasteiger partial charge is 0.351 e. The van der Waals surface area contributed by atoms with Gasteiger partial charge in [-0.1, -0.05) is 0 Å². The van der Waals surface area contributed by atoms with E-state index in [2.05, 4.69) is 0 Å². The first-order chi connectivity index (χ1) is 7.99. The van der Waals surface area contributed by atoms with E-state index in [0.717, 1.165) is 6.07 Å². The first-order valence-corrected chi connectivity index (χ1v) is 4.53. The van der Waals surface area contributed by atoms with Crippen LogP contribution in [-0.2, 0) is 0 Å². The number of rotatable bonds is 2. The van der Waals surface area contributed by atoms with Gasteiger partial charge in [-0.3, -0.25) is 0 Å². The van der Waals surface area contributed by atoms with Crippen molar-refractivity contribution in [3.63, 3.8) is 0 Å². The highest BCUT2D eigenvalue weighted by molar-refractivity contribution is 5.91. The average molecular weight is 237 g/mol. The van der Waals surface area contributed by atoms with Crippen LogP contribution in [0.25, 0.3) is 11.0 Å². The molecule has 0 saturated heterocycles. The first-order valence-electron chi connectivity index (χ1n) is 4.53. The van der Waals surface area contributed by atoms with Crippen molar-refractivity contribution in [2.45, 2.75) is 0 Å². The summed E-state index contributed by atoms with van der Waals surface area (Å²) in [7, 11) is 0. The Morgan fingerprint density at radius 3 is 2.65 bits per heavy atom. The molecule has 0 spiro atoms. The molecule has 1 aromatic carbocycles. The maximum Gasteiger partial charge on any atom is 0.351 e. The number of fused-ring (bicyclic) bond motifs is 1. The van der Waals surface area contributed by atoms with E-state index in [0.29, 0.717) is 0 Å². The number of aromatic carboxylic acids is 1. The minimum Gasteiger partial charge on any atom is -0.595 e. The molecule has 1 heterocycles. The first kappa shape index (κ1) is 11.3. The van der Waals surface area contributed by atoms with Gasteiger partial charge in [-0.05, 0) is 12.1 Å². The molecule has 1 aromatic heterocycles. The van der Waals surface area contributed by atoms with E-state index in [4.69, 9.17) is 14.7 Å². The number of hydrogen-bond acceptors (Lipinski definition) is 5. The molecule has 0 radical (unpaired) electrons. The molecule has 7 nitrogen and oxygen atoms in total. The Kier molecular flexibility index (Phi) is 2.64. The van der Waals surface area contributed by atoms with Crippen LogP contribution in [0.1, 0.15) is 10.4 Å². The Morgan fingerprint density at radius 1 is 1.35 bits per heavy atom. The van der Waals surface area contributed by atoms with Gasteiger partial charge < -0.3 is 14.7 Å². The lowest BCUT2D eigenvalue weighted by Gasteiger charge is -2.11. The summed E-state index contributed by atoms with van der Waals surface area (Å²) in [5, 5.41) is 27.3. The molecule has 0 fully saturated rings. The van der Waals surface area contributed by atoms with Crippen molar-refractivity contribution < 1.29 is 24.8 Å². The highest BCUT2D eigenvalue weighted by Crippen LogP contribution is 2.16. The number of hydrogen-bond donors (Lipinski definition) is 3. The maximum absolute atomic E-state index is 11.2. The zero-order chi connectivity index (χ0) is 12.6. The van der Waals surface area contributed by atoms with Crippen LogP contribution >= 0.6 is 0 Å². The summed E-state index contributed by atoms with van der Waals surface area (Å²) < 4.78 is 4.76. The van der Waals surface area contributed by atoms with Crippen molar-refractivity contribution in [1.29, 1.82) is 0 Å². The van der Waals surface area contributed by atoms with Gasteiger partial charge in [0, 0.05) is 17.5 Å². The van der Waals surface area contributed by atoms with Crippen LogP contribution in [0.15, 0.2) is 33.5 Å². The number of carbonyl (C=O) groups is 1. The zero-order valence-corrected chi connectivity index (χ0v) is 8.34. The maximum atomic E-state index is 11.2. The van der Waals surface area contributed by atoms with Gasteiger partial charge in [0.05, 0.1) is 0 Å². The lowest BCUT2D eigenvalue weighted by atomic mass is 10.1. The number of carboxylic acid groups (broad SMARTS) is 1. The van der Waals surface area contributed by atoms with Gasteiger partial charge in [-0.25, -0.2) is 14.8 Å². The second kappa shape index (κ2) is 3.98. The lowest BCUT2D eigenvalue weighted by molar-refractivity contribution is -0.991. The lowest BCUT2D eigenvalue weighted by Crippen LogP contribution is -2.99. The second-order valence-corrected chi connectivity index (χ2v) is 3.31. The Bertz CT molecular complexity index is 645. The van der Waals surface area contributed by atoms with Crippen LogP contribution in [0.2, 0.25) is 0 Å². The molecule has 0 aliphatic heterocycles. The summed E-state index contributed by atoms with van der Waals surface area (Å²) in [6.45, 7) is 0. The fourth-order valence-corrected chi connectivity index (χ4v) is 1.41. The second-order valence-electron chi connectivity index (χ2n) is 3.31. The van der Waals surface area contributed by atoms with E-state index in [-0.39, 0.29) is 16.7 Å². The zero-order valence-electron chi connectivity index (χ0n) is 8.34. The summed E-state index contributed by atoms with van der Waals surface area (Å²) in [5.41, 5.74) is -1.36. The Balaban J connectivity index is 2.72. The third kappa shape index (κ3) is 2.02. The third-order valence-electron chi connectivity index (χ3n) is 2.21. The van der Waals surface area contributed by atoms with E-state index in [1.165, 1.54) is 18.2 Å². The molecule has 2 aromatic rings. The summed E-state index contributed by atoms with van der Waals surface area (Å²) in [6.07, 6.45) is 0. The fourth-order valence-electron chi connectivity index (χ4n) is 1.41. The molecule has 1 unspecified atom stereocenters. The molecule has 2 rings (SSSR count). The van der Waals surface area contributed by atoms with Gasteiger partial charge in [0.25, 0.3) is 0 Å². The Labute approximate surface area is 93.7 Å². The minimum absolute atomic E-state index is 0.0114. The van der Waals surface area contributed by atoms with Crippen molar-refractivity contribution in [2.75, 3.05) is 0 Å². The molecule has 0 saturated carbocycles. The van der Waals surface area contributed by atoms with Crippen LogP contribution in [0.3, 0.4) is 0 Å². The molecular weight excluding hydrogens is 230 g/mol. The van der Waals surface area contributed by atoms with E-state index in [1.807, 2.05) is 0 Å². The standard InChI is InChI=1S/C10H7NO6/c12-9(13)7-4-5-3-6(11(15)16)1-2-8(5)17-10(7)14/h1-4,11,15H,(H,12,13). The van der Waals surface area contributed by atoms with Gasteiger partial charge in [0.15, 0.2) is 5.69 Å². The molecule has 0 amide bonds. The summed E-state index contributed by atoms with van der Waals surface area (Å²) in [4.78, 5) is 21.9. The summed E-state index contributed by atoms with van der Waals surface area (Å²) in [5.74, 6) is -1.42. The van der Waals surface area contributed by atoms with Crippen LogP contribution in [0, 0.1) is 5.21 Å². The fraction of sp³-hybridized carbons (Fsp3) is 0. The number of carboxylic acids is 1. The van der Waals surface area contributed by atoms with Crippen LogP contribution in [-0.4, -0.2) is 16.3 Å². The van der Waals surface area contributed by atoms with Gasteiger partial charge >= 0.3 is 11.6 Å². The van der Waals surface area contributed by atoms with Crippen LogP contribution < -0.4 is 10.9 Å².